The van der Waals surface area contributed by atoms with E-state index in [9.17, 15) is 9.90 Å². The highest BCUT2D eigenvalue weighted by Gasteiger charge is 2.40. The van der Waals surface area contributed by atoms with Crippen LogP contribution >= 0.6 is 0 Å². The van der Waals surface area contributed by atoms with Crippen molar-refractivity contribution in [2.75, 3.05) is 13.1 Å². The highest BCUT2D eigenvalue weighted by Crippen LogP contribution is 2.47. The van der Waals surface area contributed by atoms with Crippen molar-refractivity contribution < 1.29 is 9.90 Å². The van der Waals surface area contributed by atoms with Crippen molar-refractivity contribution in [3.05, 3.63) is 0 Å². The fourth-order valence-corrected chi connectivity index (χ4v) is 2.04. The number of hydrogen-bond acceptors (Lipinski definition) is 2. The van der Waals surface area contributed by atoms with Gasteiger partial charge in [0.1, 0.15) is 0 Å². The summed E-state index contributed by atoms with van der Waals surface area (Å²) < 4.78 is 0. The van der Waals surface area contributed by atoms with Crippen molar-refractivity contribution in [1.29, 1.82) is 0 Å². The Balaban J connectivity index is 2.24. The van der Waals surface area contributed by atoms with E-state index in [-0.39, 0.29) is 11.9 Å². The second kappa shape index (κ2) is 5.91. The van der Waals surface area contributed by atoms with E-state index in [1.165, 1.54) is 12.8 Å². The minimum atomic E-state index is -0.839. The predicted molar refractivity (Wildman–Crippen MR) is 73.4 cm³/mol. The Hall–Kier alpha value is -0.770. The molecule has 0 saturated heterocycles. The zero-order valence-corrected chi connectivity index (χ0v) is 12.2. The molecule has 1 saturated carbocycles. The average molecular weight is 256 g/mol. The topological polar surface area (TPSA) is 61.4 Å². The van der Waals surface area contributed by atoms with Crippen molar-refractivity contribution in [3.8, 4) is 0 Å². The first-order valence-electron chi connectivity index (χ1n) is 7.09. The van der Waals surface area contributed by atoms with Crippen LogP contribution in [0.3, 0.4) is 0 Å². The normalized spacial score (nSPS) is 21.8. The summed E-state index contributed by atoms with van der Waals surface area (Å²) in [6.07, 6.45) is 4.45. The maximum atomic E-state index is 11.7. The molecule has 0 aromatic rings. The fourth-order valence-electron chi connectivity index (χ4n) is 2.04. The van der Waals surface area contributed by atoms with Gasteiger partial charge in [0, 0.05) is 13.1 Å². The van der Waals surface area contributed by atoms with Gasteiger partial charge in [0.05, 0.1) is 5.60 Å². The predicted octanol–water partition coefficient (Wildman–Crippen LogP) is 2.27. The first-order valence-corrected chi connectivity index (χ1v) is 7.09. The van der Waals surface area contributed by atoms with E-state index in [4.69, 9.17) is 0 Å². The Bertz CT molecular complexity index is 286. The van der Waals surface area contributed by atoms with Gasteiger partial charge in [-0.15, -0.1) is 0 Å². The summed E-state index contributed by atoms with van der Waals surface area (Å²) >= 11 is 0. The van der Waals surface area contributed by atoms with E-state index in [0.717, 1.165) is 19.4 Å². The Morgan fingerprint density at radius 2 is 2.00 bits per heavy atom. The van der Waals surface area contributed by atoms with Crippen LogP contribution in [0.15, 0.2) is 0 Å². The van der Waals surface area contributed by atoms with Gasteiger partial charge in [0.2, 0.25) is 0 Å². The summed E-state index contributed by atoms with van der Waals surface area (Å²) in [6.45, 7) is 9.02. The SMILES string of the molecule is CCC(C)C(C)(O)CNC(=O)NCC1(CC)CC1. The molecule has 2 atom stereocenters. The average Bonchev–Trinajstić information content (AvgIpc) is 3.13. The van der Waals surface area contributed by atoms with Crippen LogP contribution in [0.2, 0.25) is 0 Å². The van der Waals surface area contributed by atoms with Gasteiger partial charge < -0.3 is 15.7 Å². The summed E-state index contributed by atoms with van der Waals surface area (Å²) in [5.74, 6) is 0.170. The lowest BCUT2D eigenvalue weighted by Gasteiger charge is -2.29. The van der Waals surface area contributed by atoms with Gasteiger partial charge >= 0.3 is 6.03 Å². The molecule has 0 heterocycles. The van der Waals surface area contributed by atoms with Gasteiger partial charge in [0.15, 0.2) is 0 Å². The first kappa shape index (κ1) is 15.3. The molecule has 0 aromatic carbocycles. The van der Waals surface area contributed by atoms with Gasteiger partial charge in [-0.05, 0) is 37.5 Å². The third-order valence-corrected chi connectivity index (χ3v) is 4.61. The van der Waals surface area contributed by atoms with Crippen LogP contribution in [-0.4, -0.2) is 29.8 Å². The monoisotopic (exact) mass is 256 g/mol. The van der Waals surface area contributed by atoms with E-state index in [1.54, 1.807) is 6.92 Å². The second-order valence-electron chi connectivity index (χ2n) is 6.06. The van der Waals surface area contributed by atoms with E-state index >= 15 is 0 Å². The van der Waals surface area contributed by atoms with Crippen molar-refractivity contribution in [2.45, 2.75) is 59.0 Å². The highest BCUT2D eigenvalue weighted by atomic mass is 16.3. The lowest BCUT2D eigenvalue weighted by Crippen LogP contribution is -2.48. The van der Waals surface area contributed by atoms with Gasteiger partial charge in [0.25, 0.3) is 0 Å². The van der Waals surface area contributed by atoms with Crippen LogP contribution < -0.4 is 10.6 Å². The Kier molecular flexibility index (Phi) is 5.02. The molecule has 0 radical (unpaired) electrons. The first-order chi connectivity index (χ1) is 8.35. The zero-order valence-electron chi connectivity index (χ0n) is 12.2. The van der Waals surface area contributed by atoms with Crippen LogP contribution in [0.1, 0.15) is 53.4 Å². The highest BCUT2D eigenvalue weighted by molar-refractivity contribution is 5.74. The minimum absolute atomic E-state index is 0.168. The third-order valence-electron chi connectivity index (χ3n) is 4.61. The molecular formula is C14H28N2O2. The number of amides is 2. The molecule has 4 nitrogen and oxygen atoms in total. The number of carbonyl (C=O) groups excluding carboxylic acids is 1. The number of hydrogen-bond donors (Lipinski definition) is 3. The van der Waals surface area contributed by atoms with E-state index in [0.29, 0.717) is 12.0 Å². The molecule has 1 aliphatic rings. The number of aliphatic hydroxyl groups is 1. The maximum Gasteiger partial charge on any atom is 0.314 e. The Morgan fingerprint density at radius 3 is 2.44 bits per heavy atom. The van der Waals surface area contributed by atoms with E-state index < -0.39 is 5.60 Å². The molecule has 0 spiro atoms. The van der Waals surface area contributed by atoms with Crippen molar-refractivity contribution >= 4 is 6.03 Å². The Labute approximate surface area is 111 Å². The van der Waals surface area contributed by atoms with Gasteiger partial charge in [-0.25, -0.2) is 4.79 Å². The standard InChI is InChI=1S/C14H28N2O2/c1-5-11(3)13(4,18)9-15-12(17)16-10-14(6-2)7-8-14/h11,18H,5-10H2,1-4H3,(H2,15,16,17). The smallest absolute Gasteiger partial charge is 0.314 e. The lowest BCUT2D eigenvalue weighted by atomic mass is 9.89. The van der Waals surface area contributed by atoms with Crippen molar-refractivity contribution in [1.82, 2.24) is 10.6 Å². The van der Waals surface area contributed by atoms with Crippen LogP contribution in [-0.2, 0) is 0 Å². The number of carbonyl (C=O) groups is 1. The van der Waals surface area contributed by atoms with Gasteiger partial charge in [-0.1, -0.05) is 27.2 Å². The lowest BCUT2D eigenvalue weighted by molar-refractivity contribution is 0.00788. The van der Waals surface area contributed by atoms with Crippen molar-refractivity contribution in [3.63, 3.8) is 0 Å². The molecule has 1 rings (SSSR count). The van der Waals surface area contributed by atoms with Crippen LogP contribution in [0.4, 0.5) is 4.79 Å². The quantitative estimate of drug-likeness (QED) is 0.654. The fraction of sp³-hybridized carbons (Fsp3) is 0.929. The molecule has 2 amide bonds. The number of rotatable bonds is 7. The Morgan fingerprint density at radius 1 is 1.39 bits per heavy atom. The van der Waals surface area contributed by atoms with E-state index in [2.05, 4.69) is 17.6 Å². The van der Waals surface area contributed by atoms with Gasteiger partial charge in [-0.2, -0.15) is 0 Å². The molecule has 18 heavy (non-hydrogen) atoms. The van der Waals surface area contributed by atoms with Crippen LogP contribution in [0, 0.1) is 11.3 Å². The zero-order chi connectivity index (χ0) is 13.8. The molecule has 0 bridgehead atoms. The molecular weight excluding hydrogens is 228 g/mol. The largest absolute Gasteiger partial charge is 0.388 e. The summed E-state index contributed by atoms with van der Waals surface area (Å²) in [5, 5.41) is 15.8. The summed E-state index contributed by atoms with van der Waals surface area (Å²) in [6, 6.07) is -0.168. The van der Waals surface area contributed by atoms with E-state index in [1.807, 2.05) is 13.8 Å². The summed E-state index contributed by atoms with van der Waals surface area (Å²) in [5.41, 5.74) is -0.481. The van der Waals surface area contributed by atoms with Gasteiger partial charge in [-0.3, -0.25) is 0 Å². The molecule has 3 N–H and O–H groups in total. The minimum Gasteiger partial charge on any atom is -0.388 e. The number of urea groups is 1. The summed E-state index contributed by atoms with van der Waals surface area (Å²) in [4.78, 5) is 11.7. The molecule has 0 aliphatic heterocycles. The second-order valence-corrected chi connectivity index (χ2v) is 6.06. The molecule has 2 unspecified atom stereocenters. The summed E-state index contributed by atoms with van der Waals surface area (Å²) in [7, 11) is 0. The van der Waals surface area contributed by atoms with Crippen LogP contribution in [0.25, 0.3) is 0 Å². The number of nitrogens with one attached hydrogen (secondary N) is 2. The molecule has 4 heteroatoms. The molecule has 1 aliphatic carbocycles. The van der Waals surface area contributed by atoms with Crippen LogP contribution in [0.5, 0.6) is 0 Å². The third kappa shape index (κ3) is 4.16. The van der Waals surface area contributed by atoms with Crippen molar-refractivity contribution in [2.24, 2.45) is 11.3 Å². The molecule has 106 valence electrons. The molecule has 1 fully saturated rings. The molecule has 0 aromatic heterocycles. The maximum absolute atomic E-state index is 11.7.